The van der Waals surface area contributed by atoms with E-state index in [1.807, 2.05) is 6.92 Å². The predicted molar refractivity (Wildman–Crippen MR) is 70.9 cm³/mol. The molecule has 4 heteroatoms. The molecule has 1 aromatic heterocycles. The normalized spacial score (nSPS) is 14.6. The van der Waals surface area contributed by atoms with Crippen LogP contribution in [-0.4, -0.2) is 4.98 Å². The Hall–Kier alpha value is -1.68. The molecular weight excluding hydrogens is 229 g/mol. The van der Waals surface area contributed by atoms with Crippen molar-refractivity contribution in [1.82, 2.24) is 4.98 Å². The Kier molecular flexibility index (Phi) is 2.67. The van der Waals surface area contributed by atoms with Crippen LogP contribution < -0.4 is 11.3 Å². The highest BCUT2D eigenvalue weighted by atomic mass is 19.1. The van der Waals surface area contributed by atoms with Gasteiger partial charge in [0, 0.05) is 17.1 Å². The van der Waals surface area contributed by atoms with E-state index < -0.39 is 0 Å². The standard InChI is InChI=1S/C14H16FN3/c1-8-6-9(15)7-12-13(8)14(18-16)10-4-2-3-5-11(10)17-12/h6-7H,2-5,16H2,1H3,(H,17,18). The molecule has 0 aliphatic heterocycles. The van der Waals surface area contributed by atoms with Gasteiger partial charge in [-0.25, -0.2) is 4.39 Å². The van der Waals surface area contributed by atoms with E-state index in [0.717, 1.165) is 48.0 Å². The van der Waals surface area contributed by atoms with Gasteiger partial charge in [0.2, 0.25) is 0 Å². The first-order valence-electron chi connectivity index (χ1n) is 6.29. The molecule has 0 amide bonds. The summed E-state index contributed by atoms with van der Waals surface area (Å²) in [6.45, 7) is 1.89. The number of rotatable bonds is 1. The summed E-state index contributed by atoms with van der Waals surface area (Å²) in [4.78, 5) is 4.61. The number of nitrogens with zero attached hydrogens (tertiary/aromatic N) is 1. The van der Waals surface area contributed by atoms with Crippen molar-refractivity contribution >= 4 is 16.6 Å². The molecule has 18 heavy (non-hydrogen) atoms. The number of benzene rings is 1. The second kappa shape index (κ2) is 4.21. The van der Waals surface area contributed by atoms with E-state index in [1.165, 1.54) is 17.7 Å². The fourth-order valence-electron chi connectivity index (χ4n) is 2.88. The summed E-state index contributed by atoms with van der Waals surface area (Å²) in [6, 6.07) is 3.01. The summed E-state index contributed by atoms with van der Waals surface area (Å²) in [5.74, 6) is 5.43. The topological polar surface area (TPSA) is 50.9 Å². The minimum Gasteiger partial charge on any atom is -0.323 e. The van der Waals surface area contributed by atoms with Crippen LogP contribution in [-0.2, 0) is 12.8 Å². The number of aryl methyl sites for hydroxylation is 2. The zero-order valence-electron chi connectivity index (χ0n) is 10.4. The van der Waals surface area contributed by atoms with Crippen LogP contribution in [0.5, 0.6) is 0 Å². The molecule has 2 aromatic rings. The SMILES string of the molecule is Cc1cc(F)cc2nc3c(c(NN)c12)CCCC3. The average molecular weight is 245 g/mol. The Bertz CT molecular complexity index is 622. The lowest BCUT2D eigenvalue weighted by Crippen LogP contribution is -2.15. The summed E-state index contributed by atoms with van der Waals surface area (Å²) in [5.41, 5.74) is 7.55. The molecule has 0 saturated carbocycles. The molecule has 0 bridgehead atoms. The number of aromatic nitrogens is 1. The van der Waals surface area contributed by atoms with Gasteiger partial charge in [-0.05, 0) is 49.8 Å². The van der Waals surface area contributed by atoms with Crippen molar-refractivity contribution in [3.8, 4) is 0 Å². The first kappa shape index (κ1) is 11.4. The molecule has 3 nitrogen and oxygen atoms in total. The van der Waals surface area contributed by atoms with Crippen molar-refractivity contribution in [2.45, 2.75) is 32.6 Å². The fourth-order valence-corrected chi connectivity index (χ4v) is 2.88. The van der Waals surface area contributed by atoms with E-state index in [4.69, 9.17) is 5.84 Å². The van der Waals surface area contributed by atoms with Gasteiger partial charge in [-0.1, -0.05) is 0 Å². The first-order valence-corrected chi connectivity index (χ1v) is 6.29. The number of hydrogen-bond donors (Lipinski definition) is 2. The Morgan fingerprint density at radius 3 is 2.83 bits per heavy atom. The van der Waals surface area contributed by atoms with E-state index >= 15 is 0 Å². The maximum atomic E-state index is 13.5. The number of anilines is 1. The van der Waals surface area contributed by atoms with E-state index in [1.54, 1.807) is 0 Å². The number of nitrogens with one attached hydrogen (secondary N) is 1. The second-order valence-electron chi connectivity index (χ2n) is 4.88. The van der Waals surface area contributed by atoms with Crippen LogP contribution in [0, 0.1) is 12.7 Å². The number of pyridine rings is 1. The van der Waals surface area contributed by atoms with Crippen LogP contribution in [0.3, 0.4) is 0 Å². The molecular formula is C14H16FN3. The van der Waals surface area contributed by atoms with Crippen LogP contribution in [0.1, 0.15) is 29.7 Å². The van der Waals surface area contributed by atoms with Crippen LogP contribution >= 0.6 is 0 Å². The maximum Gasteiger partial charge on any atom is 0.125 e. The van der Waals surface area contributed by atoms with Crippen LogP contribution in [0.2, 0.25) is 0 Å². The molecule has 0 radical (unpaired) electrons. The van der Waals surface area contributed by atoms with Crippen molar-refractivity contribution < 1.29 is 4.39 Å². The summed E-state index contributed by atoms with van der Waals surface area (Å²) in [5, 5.41) is 0.944. The van der Waals surface area contributed by atoms with E-state index in [9.17, 15) is 4.39 Å². The van der Waals surface area contributed by atoms with E-state index in [2.05, 4.69) is 10.4 Å². The van der Waals surface area contributed by atoms with Gasteiger partial charge >= 0.3 is 0 Å². The maximum absolute atomic E-state index is 13.5. The highest BCUT2D eigenvalue weighted by Crippen LogP contribution is 2.34. The van der Waals surface area contributed by atoms with Gasteiger partial charge in [0.05, 0.1) is 11.2 Å². The van der Waals surface area contributed by atoms with Gasteiger partial charge in [0.25, 0.3) is 0 Å². The zero-order valence-corrected chi connectivity index (χ0v) is 10.4. The molecule has 1 aliphatic rings. The van der Waals surface area contributed by atoms with Gasteiger partial charge in [0.1, 0.15) is 5.82 Å². The third-order valence-electron chi connectivity index (χ3n) is 3.67. The predicted octanol–water partition coefficient (Wildman–Crippen LogP) is 2.85. The summed E-state index contributed by atoms with van der Waals surface area (Å²) < 4.78 is 13.5. The minimum atomic E-state index is -0.244. The number of nitrogen functional groups attached to an aromatic ring is 1. The minimum absolute atomic E-state index is 0.244. The van der Waals surface area contributed by atoms with Gasteiger partial charge in [-0.15, -0.1) is 0 Å². The molecule has 3 rings (SSSR count). The first-order chi connectivity index (χ1) is 8.70. The number of fused-ring (bicyclic) bond motifs is 2. The lowest BCUT2D eigenvalue weighted by Gasteiger charge is -2.21. The summed E-state index contributed by atoms with van der Waals surface area (Å²) in [7, 11) is 0. The molecule has 1 heterocycles. The second-order valence-corrected chi connectivity index (χ2v) is 4.88. The highest BCUT2D eigenvalue weighted by molar-refractivity contribution is 5.96. The van der Waals surface area contributed by atoms with Crippen molar-refractivity contribution in [3.63, 3.8) is 0 Å². The molecule has 0 fully saturated rings. The van der Waals surface area contributed by atoms with Crippen LogP contribution in [0.25, 0.3) is 10.9 Å². The van der Waals surface area contributed by atoms with Gasteiger partial charge in [0.15, 0.2) is 0 Å². The Labute approximate surface area is 105 Å². The fraction of sp³-hybridized carbons (Fsp3) is 0.357. The molecule has 0 saturated heterocycles. The van der Waals surface area contributed by atoms with Crippen molar-refractivity contribution in [2.24, 2.45) is 5.84 Å². The number of hydrazine groups is 1. The van der Waals surface area contributed by atoms with Crippen LogP contribution in [0.15, 0.2) is 12.1 Å². The zero-order chi connectivity index (χ0) is 12.7. The molecule has 1 aliphatic carbocycles. The molecule has 0 atom stereocenters. The third-order valence-corrected chi connectivity index (χ3v) is 3.67. The van der Waals surface area contributed by atoms with Gasteiger partial charge < -0.3 is 5.43 Å². The van der Waals surface area contributed by atoms with E-state index in [-0.39, 0.29) is 5.82 Å². The van der Waals surface area contributed by atoms with E-state index in [0.29, 0.717) is 5.52 Å². The quantitative estimate of drug-likeness (QED) is 0.600. The van der Waals surface area contributed by atoms with Crippen molar-refractivity contribution in [1.29, 1.82) is 0 Å². The Balaban J connectivity index is 2.40. The molecule has 1 aromatic carbocycles. The van der Waals surface area contributed by atoms with Gasteiger partial charge in [-0.3, -0.25) is 10.8 Å². The molecule has 94 valence electrons. The highest BCUT2D eigenvalue weighted by Gasteiger charge is 2.19. The largest absolute Gasteiger partial charge is 0.323 e. The van der Waals surface area contributed by atoms with Gasteiger partial charge in [-0.2, -0.15) is 0 Å². The number of hydrogen-bond acceptors (Lipinski definition) is 3. The third kappa shape index (κ3) is 1.64. The molecule has 3 N–H and O–H groups in total. The van der Waals surface area contributed by atoms with Crippen LogP contribution in [0.4, 0.5) is 10.1 Å². The lowest BCUT2D eigenvalue weighted by atomic mass is 9.92. The monoisotopic (exact) mass is 245 g/mol. The lowest BCUT2D eigenvalue weighted by molar-refractivity contribution is 0.627. The van der Waals surface area contributed by atoms with Crippen molar-refractivity contribution in [3.05, 3.63) is 34.8 Å². The smallest absolute Gasteiger partial charge is 0.125 e. The number of halogens is 1. The molecule has 0 spiro atoms. The Morgan fingerprint density at radius 2 is 2.06 bits per heavy atom. The Morgan fingerprint density at radius 1 is 1.28 bits per heavy atom. The summed E-state index contributed by atoms with van der Waals surface area (Å²) in [6.07, 6.45) is 4.25. The summed E-state index contributed by atoms with van der Waals surface area (Å²) >= 11 is 0. The average Bonchev–Trinajstić information content (AvgIpc) is 2.35. The van der Waals surface area contributed by atoms with Crippen molar-refractivity contribution in [2.75, 3.05) is 5.43 Å². The number of nitrogens with two attached hydrogens (primary N) is 1. The molecule has 0 unspecified atom stereocenters.